The van der Waals surface area contributed by atoms with E-state index in [1.165, 1.54) is 13.1 Å². The monoisotopic (exact) mass is 334 g/mol. The van der Waals surface area contributed by atoms with Gasteiger partial charge in [-0.3, -0.25) is 4.57 Å². The Morgan fingerprint density at radius 1 is 1.26 bits per heavy atom. The molecule has 0 aliphatic heterocycles. The largest absolute Gasteiger partial charge is 0.489 e. The fourth-order valence-electron chi connectivity index (χ4n) is 2.09. The first-order chi connectivity index (χ1) is 10.8. The molecule has 0 fully saturated rings. The Morgan fingerprint density at radius 3 is 2.39 bits per heavy atom. The van der Waals surface area contributed by atoms with E-state index in [2.05, 4.69) is 0 Å². The number of nitrogens with zero attached hydrogens (tertiary/aromatic N) is 4. The molecular weight excluding hydrogens is 323 g/mol. The molecule has 0 bridgehead atoms. The Kier molecular flexibility index (Phi) is 4.44. The van der Waals surface area contributed by atoms with Crippen molar-refractivity contribution in [2.75, 3.05) is 0 Å². The molecule has 0 aliphatic rings. The summed E-state index contributed by atoms with van der Waals surface area (Å²) in [6.45, 7) is 3.53. The SMILES string of the molecule is CC(C)Oc1cc(-n2c(C#N)c(C#N)n(C)c2=O)c(F)cc1Cl. The molecule has 0 radical (unpaired) electrons. The molecule has 0 spiro atoms. The fraction of sp³-hybridized carbons (Fsp3) is 0.267. The van der Waals surface area contributed by atoms with Gasteiger partial charge in [-0.2, -0.15) is 10.5 Å². The van der Waals surface area contributed by atoms with Gasteiger partial charge in [-0.05, 0) is 19.9 Å². The molecule has 23 heavy (non-hydrogen) atoms. The van der Waals surface area contributed by atoms with Crippen molar-refractivity contribution in [2.24, 2.45) is 7.05 Å². The summed E-state index contributed by atoms with van der Waals surface area (Å²) >= 11 is 5.94. The van der Waals surface area contributed by atoms with Crippen molar-refractivity contribution < 1.29 is 9.13 Å². The van der Waals surface area contributed by atoms with Crippen molar-refractivity contribution in [3.8, 4) is 23.6 Å². The van der Waals surface area contributed by atoms with Gasteiger partial charge in [-0.1, -0.05) is 11.6 Å². The van der Waals surface area contributed by atoms with E-state index in [0.717, 1.165) is 15.2 Å². The average Bonchev–Trinajstić information content (AvgIpc) is 2.73. The number of nitriles is 2. The predicted molar refractivity (Wildman–Crippen MR) is 81.2 cm³/mol. The van der Waals surface area contributed by atoms with Gasteiger partial charge in [0, 0.05) is 13.1 Å². The van der Waals surface area contributed by atoms with Gasteiger partial charge < -0.3 is 4.74 Å². The van der Waals surface area contributed by atoms with Gasteiger partial charge in [0.1, 0.15) is 23.7 Å². The number of hydrogen-bond donors (Lipinski definition) is 0. The highest BCUT2D eigenvalue weighted by atomic mass is 35.5. The van der Waals surface area contributed by atoms with E-state index < -0.39 is 11.5 Å². The van der Waals surface area contributed by atoms with Crippen LogP contribution in [0.15, 0.2) is 16.9 Å². The Hall–Kier alpha value is -2.77. The van der Waals surface area contributed by atoms with Crippen molar-refractivity contribution >= 4 is 11.6 Å². The average molecular weight is 335 g/mol. The molecule has 0 saturated heterocycles. The molecule has 1 heterocycles. The van der Waals surface area contributed by atoms with Crippen molar-refractivity contribution in [2.45, 2.75) is 20.0 Å². The number of halogens is 2. The summed E-state index contributed by atoms with van der Waals surface area (Å²) in [4.78, 5) is 12.3. The zero-order valence-corrected chi connectivity index (χ0v) is 13.3. The molecule has 1 aromatic heterocycles. The lowest BCUT2D eigenvalue weighted by Crippen LogP contribution is -2.23. The number of ether oxygens (including phenoxy) is 1. The third-order valence-electron chi connectivity index (χ3n) is 3.08. The summed E-state index contributed by atoms with van der Waals surface area (Å²) in [5.41, 5.74) is -1.33. The zero-order valence-electron chi connectivity index (χ0n) is 12.6. The van der Waals surface area contributed by atoms with Crippen molar-refractivity contribution in [1.29, 1.82) is 10.5 Å². The summed E-state index contributed by atoms with van der Waals surface area (Å²) in [5.74, 6) is -0.629. The lowest BCUT2D eigenvalue weighted by Gasteiger charge is -2.14. The highest BCUT2D eigenvalue weighted by molar-refractivity contribution is 6.32. The maximum atomic E-state index is 14.3. The number of aromatic nitrogens is 2. The summed E-state index contributed by atoms with van der Waals surface area (Å²) < 4.78 is 21.6. The molecule has 0 N–H and O–H groups in total. The molecule has 6 nitrogen and oxygen atoms in total. The van der Waals surface area contributed by atoms with Gasteiger partial charge in [0.05, 0.1) is 16.8 Å². The van der Waals surface area contributed by atoms with Crippen LogP contribution in [0.1, 0.15) is 25.2 Å². The van der Waals surface area contributed by atoms with Crippen molar-refractivity contribution in [1.82, 2.24) is 9.13 Å². The fourth-order valence-corrected chi connectivity index (χ4v) is 2.29. The van der Waals surface area contributed by atoms with E-state index in [4.69, 9.17) is 21.6 Å². The Bertz CT molecular complexity index is 916. The molecule has 118 valence electrons. The van der Waals surface area contributed by atoms with E-state index in [9.17, 15) is 14.4 Å². The quantitative estimate of drug-likeness (QED) is 0.863. The first-order valence-electron chi connectivity index (χ1n) is 6.59. The van der Waals surface area contributed by atoms with Gasteiger partial charge in [0.15, 0.2) is 11.4 Å². The van der Waals surface area contributed by atoms with Gasteiger partial charge in [-0.15, -0.1) is 0 Å². The third-order valence-corrected chi connectivity index (χ3v) is 3.37. The van der Waals surface area contributed by atoms with Crippen LogP contribution in [0.3, 0.4) is 0 Å². The number of hydrogen-bond acceptors (Lipinski definition) is 4. The second-order valence-electron chi connectivity index (χ2n) is 5.00. The summed E-state index contributed by atoms with van der Waals surface area (Å²) in [5, 5.41) is 18.4. The van der Waals surface area contributed by atoms with Crippen LogP contribution in [0.4, 0.5) is 4.39 Å². The molecule has 0 unspecified atom stereocenters. The highest BCUT2D eigenvalue weighted by Crippen LogP contribution is 2.30. The third kappa shape index (κ3) is 2.79. The highest BCUT2D eigenvalue weighted by Gasteiger charge is 2.22. The molecule has 2 aromatic rings. The molecule has 0 aliphatic carbocycles. The minimum absolute atomic E-state index is 0.0444. The standard InChI is InChI=1S/C15H12ClFN4O2/c1-8(2)23-14-5-11(10(17)4-9(14)16)21-13(7-19)12(6-18)20(3)15(21)22/h4-5,8H,1-3H3. The molecule has 1 aromatic carbocycles. The summed E-state index contributed by atoms with van der Waals surface area (Å²) in [6.07, 6.45) is -0.219. The molecule has 0 atom stereocenters. The van der Waals surface area contributed by atoms with Gasteiger partial charge >= 0.3 is 5.69 Å². The lowest BCUT2D eigenvalue weighted by atomic mass is 10.2. The first-order valence-corrected chi connectivity index (χ1v) is 6.97. The van der Waals surface area contributed by atoms with Crippen LogP contribution in [-0.2, 0) is 7.05 Å². The van der Waals surface area contributed by atoms with Crippen LogP contribution >= 0.6 is 11.6 Å². The van der Waals surface area contributed by atoms with Crippen LogP contribution in [-0.4, -0.2) is 15.2 Å². The van der Waals surface area contributed by atoms with E-state index in [0.29, 0.717) is 0 Å². The summed E-state index contributed by atoms with van der Waals surface area (Å²) in [7, 11) is 1.33. The molecule has 2 rings (SSSR count). The van der Waals surface area contributed by atoms with Gasteiger partial charge in [-0.25, -0.2) is 13.8 Å². The van der Waals surface area contributed by atoms with Crippen molar-refractivity contribution in [3.05, 3.63) is 44.8 Å². The maximum absolute atomic E-state index is 14.3. The molecule has 0 saturated carbocycles. The van der Waals surface area contributed by atoms with Crippen molar-refractivity contribution in [3.63, 3.8) is 0 Å². The van der Waals surface area contributed by atoms with Crippen LogP contribution in [0, 0.1) is 28.5 Å². The van der Waals surface area contributed by atoms with Gasteiger partial charge in [0.2, 0.25) is 0 Å². The maximum Gasteiger partial charge on any atom is 0.334 e. The minimum Gasteiger partial charge on any atom is -0.489 e. The van der Waals surface area contributed by atoms with Gasteiger partial charge in [0.25, 0.3) is 0 Å². The molecule has 8 heteroatoms. The second-order valence-corrected chi connectivity index (χ2v) is 5.41. The van der Waals surface area contributed by atoms with E-state index >= 15 is 0 Å². The Labute approximate surface area is 136 Å². The topological polar surface area (TPSA) is 83.7 Å². The number of imidazole rings is 1. The number of rotatable bonds is 3. The van der Waals surface area contributed by atoms with Crippen LogP contribution in [0.2, 0.25) is 5.02 Å². The normalized spacial score (nSPS) is 10.4. The molecular formula is C15H12ClFN4O2. The predicted octanol–water partition coefficient (Wildman–Crippen LogP) is 2.50. The second kappa shape index (κ2) is 6.15. The number of benzene rings is 1. The molecule has 0 amide bonds. The van der Waals surface area contributed by atoms with Crippen LogP contribution in [0.5, 0.6) is 5.75 Å². The smallest absolute Gasteiger partial charge is 0.334 e. The summed E-state index contributed by atoms with van der Waals surface area (Å²) in [6, 6.07) is 5.76. The van der Waals surface area contributed by atoms with Crippen LogP contribution in [0.25, 0.3) is 5.69 Å². The first kappa shape index (κ1) is 16.6. The van der Waals surface area contributed by atoms with E-state index in [1.807, 2.05) is 0 Å². The minimum atomic E-state index is -0.806. The Morgan fingerprint density at radius 2 is 1.87 bits per heavy atom. The lowest BCUT2D eigenvalue weighted by molar-refractivity contribution is 0.242. The Balaban J connectivity index is 2.81. The van der Waals surface area contributed by atoms with E-state index in [-0.39, 0.29) is 34.0 Å². The van der Waals surface area contributed by atoms with Crippen LogP contribution < -0.4 is 10.4 Å². The van der Waals surface area contributed by atoms with E-state index in [1.54, 1.807) is 26.0 Å². The zero-order chi connectivity index (χ0) is 17.3.